The van der Waals surface area contributed by atoms with Crippen LogP contribution in [0.2, 0.25) is 0 Å². The van der Waals surface area contributed by atoms with Crippen molar-refractivity contribution in [3.8, 4) is 22.5 Å². The molecule has 0 fully saturated rings. The highest BCUT2D eigenvalue weighted by Gasteiger charge is 2.32. The van der Waals surface area contributed by atoms with E-state index in [-0.39, 0.29) is 5.56 Å². The van der Waals surface area contributed by atoms with Crippen molar-refractivity contribution in [3.63, 3.8) is 0 Å². The minimum Gasteiger partial charge on any atom is -0.302 e. The molecule has 0 atom stereocenters. The van der Waals surface area contributed by atoms with Gasteiger partial charge in [-0.25, -0.2) is 8.78 Å². The molecule has 2 heterocycles. The average Bonchev–Trinajstić information content (AvgIpc) is 3.74. The summed E-state index contributed by atoms with van der Waals surface area (Å²) < 4.78 is 68.2. The summed E-state index contributed by atoms with van der Waals surface area (Å²) in [5.74, 6) is -1.88. The fraction of sp³-hybridized carbons (Fsp3) is 0.571. The van der Waals surface area contributed by atoms with Crippen LogP contribution >= 0.6 is 0 Å². The normalized spacial score (nSPS) is 12.3. The molecule has 0 unspecified atom stereocenters. The van der Waals surface area contributed by atoms with Gasteiger partial charge in [0.15, 0.2) is 0 Å². The maximum Gasteiger partial charge on any atom is 0.416 e. The fourth-order valence-corrected chi connectivity index (χ4v) is 6.20. The molecule has 53 heavy (non-hydrogen) atoms. The van der Waals surface area contributed by atoms with Crippen LogP contribution in [0.15, 0.2) is 48.8 Å². The topological polar surface area (TPSA) is 63.8 Å². The Morgan fingerprint density at radius 2 is 1.09 bits per heavy atom. The first kappa shape index (κ1) is 43.8. The Morgan fingerprint density at radius 1 is 0.642 bits per heavy atom. The van der Waals surface area contributed by atoms with Crippen molar-refractivity contribution in [1.29, 1.82) is 0 Å². The molecule has 2 N–H and O–H groups in total. The third-order valence-electron chi connectivity index (χ3n) is 9.23. The second-order valence-electron chi connectivity index (χ2n) is 15.5. The van der Waals surface area contributed by atoms with Crippen molar-refractivity contribution >= 4 is 0 Å². The summed E-state index contributed by atoms with van der Waals surface area (Å²) in [5, 5.41) is 14.2. The lowest BCUT2D eigenvalue weighted by Gasteiger charge is -2.18. The van der Waals surface area contributed by atoms with Gasteiger partial charge in [0, 0.05) is 47.8 Å². The second-order valence-corrected chi connectivity index (χ2v) is 15.5. The number of nitrogens with one attached hydrogen (secondary N) is 2. The quantitative estimate of drug-likeness (QED) is 0.0996. The van der Waals surface area contributed by atoms with Gasteiger partial charge >= 0.3 is 6.18 Å². The van der Waals surface area contributed by atoms with Crippen molar-refractivity contribution in [2.45, 2.75) is 119 Å². The molecule has 2 aromatic heterocycles. The number of hydrogen-bond donors (Lipinski definition) is 2. The van der Waals surface area contributed by atoms with E-state index in [1.165, 1.54) is 12.1 Å². The lowest BCUT2D eigenvalue weighted by atomic mass is 9.95. The van der Waals surface area contributed by atoms with Crippen molar-refractivity contribution in [1.82, 2.24) is 30.2 Å². The maximum absolute atomic E-state index is 14.1. The van der Waals surface area contributed by atoms with E-state index < -0.39 is 17.7 Å². The predicted molar refractivity (Wildman–Crippen MR) is 207 cm³/mol. The highest BCUT2D eigenvalue weighted by atomic mass is 19.4. The number of halogens is 5. The summed E-state index contributed by atoms with van der Waals surface area (Å²) >= 11 is 0. The van der Waals surface area contributed by atoms with Crippen molar-refractivity contribution in [3.05, 3.63) is 82.2 Å². The van der Waals surface area contributed by atoms with Crippen LogP contribution in [0.1, 0.15) is 114 Å². The van der Waals surface area contributed by atoms with E-state index in [2.05, 4.69) is 78.8 Å². The van der Waals surface area contributed by atoms with Crippen LogP contribution in [0, 0.1) is 11.8 Å². The monoisotopic (exact) mass is 744 g/mol. The van der Waals surface area contributed by atoms with Crippen LogP contribution < -0.4 is 0 Å². The van der Waals surface area contributed by atoms with Gasteiger partial charge in [-0.2, -0.15) is 23.4 Å². The zero-order valence-electron chi connectivity index (χ0n) is 33.2. The summed E-state index contributed by atoms with van der Waals surface area (Å²) in [4.78, 5) is 4.39. The SMILES string of the molecule is CCCCN(C)Cc1cn[nH]c1-c1cc(CCC(C)C)cc(C(C)(F)F)c1.CCCN(C)Cc1cn[nH]c1-c1cc(CCC(C)C)cc(C(F)(F)F)c1. The molecule has 4 rings (SSSR count). The number of unbranched alkanes of at least 4 members (excludes halogenated alkanes) is 1. The van der Waals surface area contributed by atoms with E-state index in [9.17, 15) is 22.0 Å². The van der Waals surface area contributed by atoms with Crippen LogP contribution in [-0.2, 0) is 38.0 Å². The molecule has 0 saturated carbocycles. The van der Waals surface area contributed by atoms with Gasteiger partial charge in [0.2, 0.25) is 0 Å². The van der Waals surface area contributed by atoms with Crippen LogP contribution in [0.4, 0.5) is 22.0 Å². The minimum atomic E-state index is -4.36. The molecule has 0 spiro atoms. The van der Waals surface area contributed by atoms with Crippen molar-refractivity contribution in [2.75, 3.05) is 27.2 Å². The Labute approximate surface area is 314 Å². The van der Waals surface area contributed by atoms with Gasteiger partial charge in [-0.05, 0) is 125 Å². The molecule has 11 heteroatoms. The summed E-state index contributed by atoms with van der Waals surface area (Å²) in [6, 6.07) is 9.62. The minimum absolute atomic E-state index is 0.0682. The Bertz CT molecular complexity index is 1670. The lowest BCUT2D eigenvalue weighted by Crippen LogP contribution is -2.19. The molecule has 0 aliphatic carbocycles. The standard InChI is InChI=1S/C22H33F2N3.C20H28F3N3/c1-6-7-10-27(5)15-19-14-25-26-21(19)18-11-17(9-8-16(2)3)12-20(13-18)22(4,23)24;1-5-8-26(4)13-17-12-24-25-19(17)16-9-15(7-6-14(2)3)10-18(11-16)20(21,22)23/h11-14,16H,6-10,15H2,1-5H3,(H,25,26);9-12,14H,5-8,13H2,1-4H3,(H,24,25). The Kier molecular flexibility index (Phi) is 16.7. The van der Waals surface area contributed by atoms with Gasteiger partial charge in [-0.15, -0.1) is 0 Å². The summed E-state index contributed by atoms with van der Waals surface area (Å²) in [7, 11) is 4.08. The molecule has 294 valence electrons. The number of aromatic amines is 2. The van der Waals surface area contributed by atoms with Gasteiger partial charge in [0.25, 0.3) is 5.92 Å². The Balaban J connectivity index is 0.000000286. The van der Waals surface area contributed by atoms with E-state index >= 15 is 0 Å². The Morgan fingerprint density at radius 3 is 1.51 bits per heavy atom. The molecule has 0 amide bonds. The summed E-state index contributed by atoms with van der Waals surface area (Å²) in [5.41, 5.74) is 5.95. The van der Waals surface area contributed by atoms with E-state index in [1.807, 2.05) is 25.4 Å². The fourth-order valence-electron chi connectivity index (χ4n) is 6.20. The molecular formula is C42H61F5N6. The first-order chi connectivity index (χ1) is 24.9. The first-order valence-corrected chi connectivity index (χ1v) is 19.1. The lowest BCUT2D eigenvalue weighted by molar-refractivity contribution is -0.137. The Hall–Kier alpha value is -3.57. The number of hydrogen-bond acceptors (Lipinski definition) is 4. The van der Waals surface area contributed by atoms with Crippen LogP contribution in [-0.4, -0.2) is 57.4 Å². The van der Waals surface area contributed by atoms with Gasteiger partial charge in [-0.1, -0.05) is 48.0 Å². The molecule has 4 aromatic rings. The molecular weight excluding hydrogens is 683 g/mol. The van der Waals surface area contributed by atoms with Gasteiger partial charge in [0.1, 0.15) is 0 Å². The molecule has 0 saturated heterocycles. The van der Waals surface area contributed by atoms with E-state index in [0.717, 1.165) is 93.0 Å². The molecule has 0 aliphatic rings. The maximum atomic E-state index is 14.1. The van der Waals surface area contributed by atoms with Crippen molar-refractivity contribution < 1.29 is 22.0 Å². The zero-order valence-corrected chi connectivity index (χ0v) is 33.2. The molecule has 0 bridgehead atoms. The van der Waals surface area contributed by atoms with E-state index in [0.29, 0.717) is 41.6 Å². The molecule has 0 aliphatic heterocycles. The number of rotatable bonds is 18. The average molecular weight is 745 g/mol. The highest BCUT2D eigenvalue weighted by Crippen LogP contribution is 2.35. The van der Waals surface area contributed by atoms with Crippen LogP contribution in [0.3, 0.4) is 0 Å². The van der Waals surface area contributed by atoms with Gasteiger partial charge < -0.3 is 9.80 Å². The number of H-pyrrole nitrogens is 2. The molecule has 0 radical (unpaired) electrons. The van der Waals surface area contributed by atoms with Crippen molar-refractivity contribution in [2.24, 2.45) is 11.8 Å². The first-order valence-electron chi connectivity index (χ1n) is 19.1. The third-order valence-corrected chi connectivity index (χ3v) is 9.23. The van der Waals surface area contributed by atoms with Crippen LogP contribution in [0.5, 0.6) is 0 Å². The summed E-state index contributed by atoms with van der Waals surface area (Å²) in [6.07, 6.45) is 5.73. The number of aromatic nitrogens is 4. The van der Waals surface area contributed by atoms with Gasteiger partial charge in [0.05, 0.1) is 29.3 Å². The smallest absolute Gasteiger partial charge is 0.302 e. The zero-order chi connectivity index (χ0) is 39.3. The largest absolute Gasteiger partial charge is 0.416 e. The third kappa shape index (κ3) is 14.3. The second kappa shape index (κ2) is 20.2. The number of aryl methyl sites for hydroxylation is 2. The van der Waals surface area contributed by atoms with Crippen LogP contribution in [0.25, 0.3) is 22.5 Å². The highest BCUT2D eigenvalue weighted by molar-refractivity contribution is 5.66. The van der Waals surface area contributed by atoms with E-state index in [4.69, 9.17) is 0 Å². The van der Waals surface area contributed by atoms with Gasteiger partial charge in [-0.3, -0.25) is 10.2 Å². The number of benzene rings is 2. The van der Waals surface area contributed by atoms with E-state index in [1.54, 1.807) is 18.3 Å². The predicted octanol–water partition coefficient (Wildman–Crippen LogP) is 11.5. The molecule has 2 aromatic carbocycles. The summed E-state index contributed by atoms with van der Waals surface area (Å²) in [6.45, 7) is 17.0. The molecule has 6 nitrogen and oxygen atoms in total. The number of nitrogens with zero attached hydrogens (tertiary/aromatic N) is 4. The number of alkyl halides is 5.